The number of amides is 1. The molecule has 1 aromatic heterocycles. The lowest BCUT2D eigenvalue weighted by molar-refractivity contribution is 0.0922. The molecule has 7 nitrogen and oxygen atoms in total. The van der Waals surface area contributed by atoms with E-state index in [1.54, 1.807) is 6.07 Å². The van der Waals surface area contributed by atoms with Gasteiger partial charge in [-0.15, -0.1) is 0 Å². The summed E-state index contributed by atoms with van der Waals surface area (Å²) >= 11 is 0. The Morgan fingerprint density at radius 1 is 1.28 bits per heavy atom. The number of aromatic nitrogens is 1. The molecule has 1 aromatic carbocycles. The second-order valence-corrected chi connectivity index (χ2v) is 8.71. The van der Waals surface area contributed by atoms with Crippen LogP contribution in [0.3, 0.4) is 0 Å². The lowest BCUT2D eigenvalue weighted by Crippen LogP contribution is -2.40. The van der Waals surface area contributed by atoms with Crippen molar-refractivity contribution in [1.29, 1.82) is 0 Å². The summed E-state index contributed by atoms with van der Waals surface area (Å²) in [6.45, 7) is 6.48. The van der Waals surface area contributed by atoms with Gasteiger partial charge in [-0.2, -0.15) is 0 Å². The molecule has 7 heteroatoms. The Balaban J connectivity index is 1.20. The van der Waals surface area contributed by atoms with Gasteiger partial charge in [0, 0.05) is 44.7 Å². The first-order valence-corrected chi connectivity index (χ1v) is 10.5. The first-order valence-electron chi connectivity index (χ1n) is 10.5. The van der Waals surface area contributed by atoms with E-state index in [4.69, 9.17) is 9.26 Å². The van der Waals surface area contributed by atoms with Gasteiger partial charge in [-0.1, -0.05) is 18.1 Å². The SMILES string of the molecule is C[C@@H]1CN(Cc2ccc3c(c2)OCCN3C)C[C@@H]1NC(=O)c1cc(C2CC2)on1. The normalized spacial score (nSPS) is 24.3. The molecule has 3 aliphatic rings. The van der Waals surface area contributed by atoms with E-state index in [0.29, 0.717) is 17.5 Å². The highest BCUT2D eigenvalue weighted by Crippen LogP contribution is 2.40. The number of anilines is 1. The summed E-state index contributed by atoms with van der Waals surface area (Å²) in [6, 6.07) is 8.38. The third kappa shape index (κ3) is 3.83. The van der Waals surface area contributed by atoms with E-state index in [1.165, 1.54) is 5.56 Å². The molecule has 0 bridgehead atoms. The smallest absolute Gasteiger partial charge is 0.273 e. The van der Waals surface area contributed by atoms with Crippen molar-refractivity contribution in [3.8, 4) is 5.75 Å². The highest BCUT2D eigenvalue weighted by molar-refractivity contribution is 5.92. The molecular weight excluding hydrogens is 368 g/mol. The molecule has 1 aliphatic carbocycles. The predicted octanol–water partition coefficient (Wildman–Crippen LogP) is 2.63. The highest BCUT2D eigenvalue weighted by atomic mass is 16.5. The molecule has 3 heterocycles. The molecule has 1 N–H and O–H groups in total. The number of fused-ring (bicyclic) bond motifs is 1. The van der Waals surface area contributed by atoms with Crippen LogP contribution in [-0.2, 0) is 6.54 Å². The quantitative estimate of drug-likeness (QED) is 0.838. The fourth-order valence-corrected chi connectivity index (χ4v) is 4.34. The van der Waals surface area contributed by atoms with Crippen LogP contribution in [-0.4, -0.2) is 55.3 Å². The number of likely N-dealkylation sites (tertiary alicyclic amines) is 1. The fraction of sp³-hybridized carbons (Fsp3) is 0.545. The fourth-order valence-electron chi connectivity index (χ4n) is 4.34. The molecule has 1 saturated carbocycles. The maximum Gasteiger partial charge on any atom is 0.273 e. The monoisotopic (exact) mass is 396 g/mol. The van der Waals surface area contributed by atoms with Gasteiger partial charge in [0.05, 0.1) is 12.2 Å². The maximum atomic E-state index is 12.6. The minimum atomic E-state index is -0.135. The molecule has 1 saturated heterocycles. The van der Waals surface area contributed by atoms with Gasteiger partial charge >= 0.3 is 0 Å². The number of nitrogens with one attached hydrogen (secondary N) is 1. The number of carbonyl (C=O) groups excluding carboxylic acids is 1. The van der Waals surface area contributed by atoms with Gasteiger partial charge < -0.3 is 19.5 Å². The minimum Gasteiger partial charge on any atom is -0.490 e. The number of carbonyl (C=O) groups is 1. The largest absolute Gasteiger partial charge is 0.490 e. The Kier molecular flexibility index (Phi) is 4.70. The molecule has 29 heavy (non-hydrogen) atoms. The molecular formula is C22H28N4O3. The molecule has 2 aromatic rings. The highest BCUT2D eigenvalue weighted by Gasteiger charge is 2.33. The van der Waals surface area contributed by atoms with E-state index >= 15 is 0 Å². The van der Waals surface area contributed by atoms with E-state index in [9.17, 15) is 4.79 Å². The molecule has 2 fully saturated rings. The summed E-state index contributed by atoms with van der Waals surface area (Å²) in [5.41, 5.74) is 2.79. The summed E-state index contributed by atoms with van der Waals surface area (Å²) in [5, 5.41) is 7.11. The second kappa shape index (κ2) is 7.37. The Hall–Kier alpha value is -2.54. The van der Waals surface area contributed by atoms with Crippen molar-refractivity contribution >= 4 is 11.6 Å². The first-order chi connectivity index (χ1) is 14.1. The predicted molar refractivity (Wildman–Crippen MR) is 109 cm³/mol. The Morgan fingerprint density at radius 3 is 2.97 bits per heavy atom. The van der Waals surface area contributed by atoms with Crippen molar-refractivity contribution in [2.24, 2.45) is 5.92 Å². The summed E-state index contributed by atoms with van der Waals surface area (Å²) in [6.07, 6.45) is 2.27. The van der Waals surface area contributed by atoms with Crippen LogP contribution in [0.5, 0.6) is 5.75 Å². The molecule has 0 unspecified atom stereocenters. The van der Waals surface area contributed by atoms with Gasteiger partial charge in [0.25, 0.3) is 5.91 Å². The van der Waals surface area contributed by atoms with Gasteiger partial charge in [-0.25, -0.2) is 0 Å². The second-order valence-electron chi connectivity index (χ2n) is 8.71. The van der Waals surface area contributed by atoms with Crippen molar-refractivity contribution in [2.45, 2.75) is 38.3 Å². The average molecular weight is 396 g/mol. The number of likely N-dealkylation sites (N-methyl/N-ethyl adjacent to an activating group) is 1. The topological polar surface area (TPSA) is 70.8 Å². The van der Waals surface area contributed by atoms with Crippen molar-refractivity contribution in [3.63, 3.8) is 0 Å². The molecule has 2 atom stereocenters. The number of benzene rings is 1. The Morgan fingerprint density at radius 2 is 2.14 bits per heavy atom. The van der Waals surface area contributed by atoms with Crippen molar-refractivity contribution in [1.82, 2.24) is 15.4 Å². The van der Waals surface area contributed by atoms with E-state index in [-0.39, 0.29) is 11.9 Å². The third-order valence-electron chi connectivity index (χ3n) is 6.27. The van der Waals surface area contributed by atoms with Crippen LogP contribution >= 0.6 is 0 Å². The molecule has 154 valence electrons. The van der Waals surface area contributed by atoms with E-state index in [1.807, 2.05) is 0 Å². The van der Waals surface area contributed by atoms with Crippen LogP contribution < -0.4 is 15.0 Å². The van der Waals surface area contributed by atoms with Gasteiger partial charge in [-0.3, -0.25) is 9.69 Å². The molecule has 1 amide bonds. The summed E-state index contributed by atoms with van der Waals surface area (Å²) in [7, 11) is 2.10. The van der Waals surface area contributed by atoms with Gasteiger partial charge in [0.15, 0.2) is 5.69 Å². The number of nitrogens with zero attached hydrogens (tertiary/aromatic N) is 3. The van der Waals surface area contributed by atoms with Crippen LogP contribution in [0.1, 0.15) is 47.5 Å². The van der Waals surface area contributed by atoms with Crippen molar-refractivity contribution < 1.29 is 14.1 Å². The van der Waals surface area contributed by atoms with Crippen LogP contribution in [0.2, 0.25) is 0 Å². The number of rotatable bonds is 5. The molecule has 0 radical (unpaired) electrons. The van der Waals surface area contributed by atoms with Crippen LogP contribution in [0, 0.1) is 5.92 Å². The van der Waals surface area contributed by atoms with Gasteiger partial charge in [0.1, 0.15) is 18.1 Å². The van der Waals surface area contributed by atoms with Gasteiger partial charge in [-0.05, 0) is 36.5 Å². The van der Waals surface area contributed by atoms with Crippen LogP contribution in [0.4, 0.5) is 5.69 Å². The average Bonchev–Trinajstić information content (AvgIpc) is 3.33. The summed E-state index contributed by atoms with van der Waals surface area (Å²) in [5.74, 6) is 2.52. The standard InChI is InChI=1S/C22H28N4O3/c1-14-11-26(12-15-3-6-19-21(9-15)28-8-7-25(19)2)13-18(14)23-22(27)17-10-20(29-24-17)16-4-5-16/h3,6,9-10,14,16,18H,4-5,7-8,11-13H2,1-2H3,(H,23,27)/t14-,18+/m1/s1. The van der Waals surface area contributed by atoms with E-state index < -0.39 is 0 Å². The Labute approximate surface area is 171 Å². The van der Waals surface area contributed by atoms with Crippen molar-refractivity contribution in [2.75, 3.05) is 38.2 Å². The minimum absolute atomic E-state index is 0.114. The zero-order valence-corrected chi connectivity index (χ0v) is 17.1. The molecule has 2 aliphatic heterocycles. The lowest BCUT2D eigenvalue weighted by Gasteiger charge is -2.28. The van der Waals surface area contributed by atoms with Crippen LogP contribution in [0.25, 0.3) is 0 Å². The molecule has 0 spiro atoms. The summed E-state index contributed by atoms with van der Waals surface area (Å²) in [4.78, 5) is 17.2. The van der Waals surface area contributed by atoms with E-state index in [2.05, 4.69) is 52.4 Å². The van der Waals surface area contributed by atoms with Crippen molar-refractivity contribution in [3.05, 3.63) is 41.3 Å². The van der Waals surface area contributed by atoms with Gasteiger partial charge in [0.2, 0.25) is 0 Å². The Bertz CT molecular complexity index is 907. The number of hydrogen-bond donors (Lipinski definition) is 1. The summed E-state index contributed by atoms with van der Waals surface area (Å²) < 4.78 is 11.2. The maximum absolute atomic E-state index is 12.6. The number of ether oxygens (including phenoxy) is 1. The molecule has 5 rings (SSSR count). The zero-order valence-electron chi connectivity index (χ0n) is 17.1. The van der Waals surface area contributed by atoms with Crippen LogP contribution in [0.15, 0.2) is 28.8 Å². The zero-order chi connectivity index (χ0) is 20.0. The first kappa shape index (κ1) is 18.5. The van der Waals surface area contributed by atoms with E-state index in [0.717, 1.165) is 62.8 Å². The lowest BCUT2D eigenvalue weighted by atomic mass is 10.1. The third-order valence-corrected chi connectivity index (χ3v) is 6.27. The number of hydrogen-bond acceptors (Lipinski definition) is 6.